The number of nitrogens with one attached hydrogen (secondary N) is 1. The number of hydrogen-bond donors (Lipinski definition) is 1. The molecular weight excluding hydrogens is 418 g/mol. The van der Waals surface area contributed by atoms with Crippen LogP contribution >= 0.6 is 11.8 Å². The summed E-state index contributed by atoms with van der Waals surface area (Å²) in [6.45, 7) is 1.82. The zero-order valence-corrected chi connectivity index (χ0v) is 17.3. The maximum Gasteiger partial charge on any atom is 0.416 e. The van der Waals surface area contributed by atoms with Gasteiger partial charge in [0.1, 0.15) is 5.82 Å². The van der Waals surface area contributed by atoms with Crippen LogP contribution in [0.2, 0.25) is 0 Å². The van der Waals surface area contributed by atoms with E-state index in [-0.39, 0.29) is 18.6 Å². The Morgan fingerprint density at radius 2 is 1.97 bits per heavy atom. The predicted molar refractivity (Wildman–Crippen MR) is 110 cm³/mol. The van der Waals surface area contributed by atoms with Crippen LogP contribution in [0.25, 0.3) is 10.9 Å². The molecule has 0 aliphatic rings. The summed E-state index contributed by atoms with van der Waals surface area (Å²) in [5.74, 6) is -1.58. The number of H-pyrrole nitrogens is 1. The summed E-state index contributed by atoms with van der Waals surface area (Å²) < 4.78 is 58.7. The van der Waals surface area contributed by atoms with Crippen LogP contribution in [0.5, 0.6) is 0 Å². The fraction of sp³-hybridized carbons (Fsp3) is 0.318. The summed E-state index contributed by atoms with van der Waals surface area (Å²) in [6, 6.07) is 8.11. The van der Waals surface area contributed by atoms with Crippen LogP contribution in [0.15, 0.2) is 42.6 Å². The molecule has 0 fully saturated rings. The number of carbonyl (C=O) groups is 1. The Kier molecular flexibility index (Phi) is 6.75. The molecule has 0 saturated heterocycles. The first-order valence-corrected chi connectivity index (χ1v) is 10.8. The van der Waals surface area contributed by atoms with Gasteiger partial charge < -0.3 is 9.72 Å². The number of aromatic amines is 1. The number of ether oxygens (including phenoxy) is 1. The van der Waals surface area contributed by atoms with Crippen LogP contribution in [-0.4, -0.2) is 23.8 Å². The second-order valence-electron chi connectivity index (χ2n) is 6.81. The van der Waals surface area contributed by atoms with E-state index in [0.29, 0.717) is 11.6 Å². The van der Waals surface area contributed by atoms with Crippen LogP contribution in [0.3, 0.4) is 0 Å². The minimum atomic E-state index is -4.65. The molecule has 1 heterocycles. The Bertz CT molecular complexity index is 1050. The van der Waals surface area contributed by atoms with Crippen molar-refractivity contribution in [3.63, 3.8) is 0 Å². The number of hydrogen-bond acceptors (Lipinski definition) is 3. The SMILES string of the molecule is CCOC(=O)CC(c1ccc(C(F)(F)F)cc1F)c1c[nH]c2c(CSC)cccc12. The Hall–Kier alpha value is -2.48. The third-order valence-corrected chi connectivity index (χ3v) is 5.49. The molecule has 1 N–H and O–H groups in total. The number of esters is 1. The molecule has 3 aromatic rings. The van der Waals surface area contributed by atoms with Crippen LogP contribution in [0.4, 0.5) is 17.6 Å². The van der Waals surface area contributed by atoms with Gasteiger partial charge in [0, 0.05) is 28.8 Å². The maximum absolute atomic E-state index is 14.8. The van der Waals surface area contributed by atoms with Crippen molar-refractivity contribution in [2.75, 3.05) is 12.9 Å². The molecule has 30 heavy (non-hydrogen) atoms. The third kappa shape index (κ3) is 4.64. The zero-order valence-electron chi connectivity index (χ0n) is 16.5. The van der Waals surface area contributed by atoms with E-state index in [9.17, 15) is 22.4 Å². The second kappa shape index (κ2) is 9.12. The molecule has 0 aliphatic heterocycles. The molecule has 0 radical (unpaired) electrons. The molecule has 1 unspecified atom stereocenters. The summed E-state index contributed by atoms with van der Waals surface area (Å²) in [5.41, 5.74) is 1.50. The molecule has 1 aromatic heterocycles. The number of alkyl halides is 3. The molecule has 160 valence electrons. The summed E-state index contributed by atoms with van der Waals surface area (Å²) >= 11 is 1.65. The van der Waals surface area contributed by atoms with Crippen molar-refractivity contribution in [3.8, 4) is 0 Å². The van der Waals surface area contributed by atoms with E-state index in [1.54, 1.807) is 24.9 Å². The van der Waals surface area contributed by atoms with Crippen molar-refractivity contribution in [1.29, 1.82) is 0 Å². The molecule has 0 saturated carbocycles. The Balaban J connectivity index is 2.12. The highest BCUT2D eigenvalue weighted by Crippen LogP contribution is 2.38. The molecule has 0 bridgehead atoms. The van der Waals surface area contributed by atoms with Gasteiger partial charge in [-0.1, -0.05) is 24.3 Å². The monoisotopic (exact) mass is 439 g/mol. The number of para-hydroxylation sites is 1. The number of fused-ring (bicyclic) bond motifs is 1. The fourth-order valence-electron chi connectivity index (χ4n) is 3.56. The van der Waals surface area contributed by atoms with Crippen molar-refractivity contribution < 1.29 is 27.1 Å². The third-order valence-electron chi connectivity index (χ3n) is 4.89. The summed E-state index contributed by atoms with van der Waals surface area (Å²) in [6.07, 6.45) is -1.17. The van der Waals surface area contributed by atoms with Crippen LogP contribution < -0.4 is 0 Å². The lowest BCUT2D eigenvalue weighted by molar-refractivity contribution is -0.143. The van der Waals surface area contributed by atoms with Crippen molar-refractivity contribution in [1.82, 2.24) is 4.98 Å². The largest absolute Gasteiger partial charge is 0.466 e. The smallest absolute Gasteiger partial charge is 0.416 e. The van der Waals surface area contributed by atoms with Crippen LogP contribution in [0, 0.1) is 5.82 Å². The minimum Gasteiger partial charge on any atom is -0.466 e. The van der Waals surface area contributed by atoms with Gasteiger partial charge in [-0.15, -0.1) is 0 Å². The van der Waals surface area contributed by atoms with Crippen molar-refractivity contribution in [3.05, 3.63) is 70.7 Å². The molecule has 2 aromatic carbocycles. The van der Waals surface area contributed by atoms with Crippen molar-refractivity contribution in [2.45, 2.75) is 31.2 Å². The van der Waals surface area contributed by atoms with Gasteiger partial charge in [-0.3, -0.25) is 4.79 Å². The lowest BCUT2D eigenvalue weighted by atomic mass is 9.87. The zero-order chi connectivity index (χ0) is 21.9. The van der Waals surface area contributed by atoms with Crippen molar-refractivity contribution >= 4 is 28.6 Å². The van der Waals surface area contributed by atoms with E-state index in [1.807, 2.05) is 24.5 Å². The maximum atomic E-state index is 14.8. The number of aromatic nitrogens is 1. The van der Waals surface area contributed by atoms with Gasteiger partial charge in [0.15, 0.2) is 0 Å². The average molecular weight is 439 g/mol. The normalized spacial score (nSPS) is 12.9. The number of halogens is 4. The highest BCUT2D eigenvalue weighted by molar-refractivity contribution is 7.97. The molecule has 8 heteroatoms. The van der Waals surface area contributed by atoms with Gasteiger partial charge in [-0.2, -0.15) is 24.9 Å². The van der Waals surface area contributed by atoms with Gasteiger partial charge in [0.2, 0.25) is 0 Å². The van der Waals surface area contributed by atoms with E-state index in [1.165, 1.54) is 0 Å². The molecule has 1 atom stereocenters. The number of carbonyl (C=O) groups excluding carboxylic acids is 1. The first-order valence-electron chi connectivity index (χ1n) is 9.36. The van der Waals surface area contributed by atoms with Gasteiger partial charge in [0.25, 0.3) is 0 Å². The van der Waals surface area contributed by atoms with E-state index in [2.05, 4.69) is 4.98 Å². The van der Waals surface area contributed by atoms with Gasteiger partial charge in [-0.05, 0) is 42.0 Å². The molecule has 3 rings (SSSR count). The second-order valence-corrected chi connectivity index (χ2v) is 7.68. The Morgan fingerprint density at radius 3 is 2.60 bits per heavy atom. The van der Waals surface area contributed by atoms with E-state index < -0.39 is 29.4 Å². The highest BCUT2D eigenvalue weighted by atomic mass is 32.2. The van der Waals surface area contributed by atoms with E-state index in [4.69, 9.17) is 4.74 Å². The van der Waals surface area contributed by atoms with Gasteiger partial charge >= 0.3 is 12.1 Å². The summed E-state index contributed by atoms with van der Waals surface area (Å²) in [5, 5.41) is 0.801. The lowest BCUT2D eigenvalue weighted by Gasteiger charge is -2.18. The Labute approximate surface area is 175 Å². The summed E-state index contributed by atoms with van der Waals surface area (Å²) in [4.78, 5) is 15.4. The van der Waals surface area contributed by atoms with Gasteiger partial charge in [-0.25, -0.2) is 4.39 Å². The molecule has 0 amide bonds. The average Bonchev–Trinajstić information content (AvgIpc) is 3.11. The van der Waals surface area contributed by atoms with Crippen LogP contribution in [-0.2, 0) is 21.5 Å². The topological polar surface area (TPSA) is 42.1 Å². The number of thioether (sulfide) groups is 1. The van der Waals surface area contributed by atoms with Crippen molar-refractivity contribution in [2.24, 2.45) is 0 Å². The molecular formula is C22H21F4NO2S. The van der Waals surface area contributed by atoms with Gasteiger partial charge in [0.05, 0.1) is 18.6 Å². The standard InChI is InChI=1S/C22H21F4NO2S/c1-3-29-20(28)10-17(15-8-7-14(9-19(15)23)22(24,25)26)18-11-27-21-13(12-30-2)5-4-6-16(18)21/h4-9,11,17,27H,3,10,12H2,1-2H3. The lowest BCUT2D eigenvalue weighted by Crippen LogP contribution is -2.14. The first-order chi connectivity index (χ1) is 14.3. The fourth-order valence-corrected chi connectivity index (χ4v) is 4.11. The first kappa shape index (κ1) is 22.2. The number of rotatable bonds is 7. The molecule has 0 spiro atoms. The number of benzene rings is 2. The van der Waals surface area contributed by atoms with E-state index in [0.717, 1.165) is 34.4 Å². The van der Waals surface area contributed by atoms with Crippen LogP contribution in [0.1, 0.15) is 41.5 Å². The van der Waals surface area contributed by atoms with E-state index >= 15 is 0 Å². The predicted octanol–water partition coefficient (Wildman–Crippen LogP) is 6.27. The minimum absolute atomic E-state index is 0.0206. The summed E-state index contributed by atoms with van der Waals surface area (Å²) in [7, 11) is 0. The molecule has 0 aliphatic carbocycles. The highest BCUT2D eigenvalue weighted by Gasteiger charge is 2.33. The quantitative estimate of drug-likeness (QED) is 0.348. The Morgan fingerprint density at radius 1 is 1.20 bits per heavy atom. The molecule has 3 nitrogen and oxygen atoms in total.